The monoisotopic (exact) mass is 223 g/mol. The van der Waals surface area contributed by atoms with Gasteiger partial charge in [-0.3, -0.25) is 0 Å². The summed E-state index contributed by atoms with van der Waals surface area (Å²) in [6, 6.07) is 9.73. The maximum absolute atomic E-state index is 9.54. The Bertz CT molecular complexity index is 275. The third-order valence-electron chi connectivity index (χ3n) is 2.41. The summed E-state index contributed by atoms with van der Waals surface area (Å²) in [5.41, 5.74) is 0. The summed E-state index contributed by atoms with van der Waals surface area (Å²) in [5, 5.41) is 12.7. The van der Waals surface area contributed by atoms with E-state index in [9.17, 15) is 5.11 Å². The molecule has 0 bridgehead atoms. The molecular weight excluding hydrogens is 202 g/mol. The second kappa shape index (κ2) is 7.25. The number of rotatable bonds is 7. The van der Waals surface area contributed by atoms with Gasteiger partial charge in [-0.05, 0) is 18.1 Å². The van der Waals surface area contributed by atoms with Crippen molar-refractivity contribution in [1.29, 1.82) is 0 Å². The van der Waals surface area contributed by atoms with Crippen LogP contribution in [0.25, 0.3) is 0 Å². The van der Waals surface area contributed by atoms with Gasteiger partial charge in [0.15, 0.2) is 0 Å². The smallest absolute Gasteiger partial charge is 0.119 e. The SMILES string of the molecule is CC(C)C(O)CNCCOc1ccccc1. The fourth-order valence-corrected chi connectivity index (χ4v) is 1.24. The molecule has 0 aliphatic rings. The van der Waals surface area contributed by atoms with E-state index in [2.05, 4.69) is 5.32 Å². The van der Waals surface area contributed by atoms with Crippen LogP contribution in [0.1, 0.15) is 13.8 Å². The van der Waals surface area contributed by atoms with Crippen LogP contribution in [0, 0.1) is 5.92 Å². The number of hydrogen-bond donors (Lipinski definition) is 2. The molecule has 1 aromatic carbocycles. The summed E-state index contributed by atoms with van der Waals surface area (Å²) >= 11 is 0. The molecule has 1 atom stereocenters. The summed E-state index contributed by atoms with van der Waals surface area (Å²) in [5.74, 6) is 1.18. The van der Waals surface area contributed by atoms with Gasteiger partial charge in [-0.25, -0.2) is 0 Å². The maximum Gasteiger partial charge on any atom is 0.119 e. The van der Waals surface area contributed by atoms with Crippen molar-refractivity contribution in [2.45, 2.75) is 20.0 Å². The van der Waals surface area contributed by atoms with Crippen molar-refractivity contribution >= 4 is 0 Å². The predicted octanol–water partition coefficient (Wildman–Crippen LogP) is 1.67. The molecule has 3 nitrogen and oxygen atoms in total. The third kappa shape index (κ3) is 5.14. The Hall–Kier alpha value is -1.06. The summed E-state index contributed by atoms with van der Waals surface area (Å²) in [6.45, 7) is 6.00. The Balaban J connectivity index is 2.04. The van der Waals surface area contributed by atoms with Gasteiger partial charge in [0.2, 0.25) is 0 Å². The number of ether oxygens (including phenoxy) is 1. The molecule has 0 aliphatic heterocycles. The molecule has 0 fully saturated rings. The molecule has 1 aromatic rings. The highest BCUT2D eigenvalue weighted by molar-refractivity contribution is 5.20. The van der Waals surface area contributed by atoms with Crippen molar-refractivity contribution in [3.8, 4) is 5.75 Å². The first-order valence-electron chi connectivity index (χ1n) is 5.77. The maximum atomic E-state index is 9.54. The van der Waals surface area contributed by atoms with Gasteiger partial charge in [0, 0.05) is 13.1 Å². The van der Waals surface area contributed by atoms with Crippen molar-refractivity contribution in [1.82, 2.24) is 5.32 Å². The second-order valence-electron chi connectivity index (χ2n) is 4.18. The van der Waals surface area contributed by atoms with E-state index in [4.69, 9.17) is 4.74 Å². The first-order valence-corrected chi connectivity index (χ1v) is 5.77. The summed E-state index contributed by atoms with van der Waals surface area (Å²) < 4.78 is 5.50. The molecule has 2 N–H and O–H groups in total. The summed E-state index contributed by atoms with van der Waals surface area (Å²) in [6.07, 6.45) is -0.281. The van der Waals surface area contributed by atoms with Crippen LogP contribution in [0.4, 0.5) is 0 Å². The zero-order valence-electron chi connectivity index (χ0n) is 10.0. The molecule has 0 saturated heterocycles. The molecule has 0 aromatic heterocycles. The first-order chi connectivity index (χ1) is 7.70. The van der Waals surface area contributed by atoms with E-state index in [-0.39, 0.29) is 6.10 Å². The van der Waals surface area contributed by atoms with E-state index in [1.165, 1.54) is 0 Å². The van der Waals surface area contributed by atoms with E-state index in [0.29, 0.717) is 19.1 Å². The van der Waals surface area contributed by atoms with Gasteiger partial charge in [0.05, 0.1) is 6.10 Å². The van der Waals surface area contributed by atoms with Crippen LogP contribution < -0.4 is 10.1 Å². The highest BCUT2D eigenvalue weighted by Crippen LogP contribution is 2.07. The minimum atomic E-state index is -0.281. The molecule has 0 spiro atoms. The normalized spacial score (nSPS) is 12.8. The lowest BCUT2D eigenvalue weighted by Crippen LogP contribution is -2.32. The van der Waals surface area contributed by atoms with Crippen molar-refractivity contribution in [2.24, 2.45) is 5.92 Å². The molecule has 0 heterocycles. The number of para-hydroxylation sites is 1. The minimum absolute atomic E-state index is 0.281. The van der Waals surface area contributed by atoms with Gasteiger partial charge in [0.25, 0.3) is 0 Å². The first kappa shape index (κ1) is 13.0. The van der Waals surface area contributed by atoms with E-state index >= 15 is 0 Å². The molecule has 16 heavy (non-hydrogen) atoms. The van der Waals surface area contributed by atoms with Gasteiger partial charge in [-0.1, -0.05) is 32.0 Å². The third-order valence-corrected chi connectivity index (χ3v) is 2.41. The Kier molecular flexibility index (Phi) is 5.90. The molecule has 90 valence electrons. The van der Waals surface area contributed by atoms with Crippen LogP contribution in [-0.4, -0.2) is 30.9 Å². The lowest BCUT2D eigenvalue weighted by atomic mass is 10.1. The zero-order chi connectivity index (χ0) is 11.8. The fraction of sp³-hybridized carbons (Fsp3) is 0.538. The lowest BCUT2D eigenvalue weighted by Gasteiger charge is -2.15. The highest BCUT2D eigenvalue weighted by atomic mass is 16.5. The standard InChI is InChI=1S/C13H21NO2/c1-11(2)13(15)10-14-8-9-16-12-6-4-3-5-7-12/h3-7,11,13-15H,8-10H2,1-2H3. The van der Waals surface area contributed by atoms with Gasteiger partial charge in [0.1, 0.15) is 12.4 Å². The fourth-order valence-electron chi connectivity index (χ4n) is 1.24. The van der Waals surface area contributed by atoms with Crippen LogP contribution >= 0.6 is 0 Å². The largest absolute Gasteiger partial charge is 0.492 e. The van der Waals surface area contributed by atoms with Crippen molar-refractivity contribution in [3.05, 3.63) is 30.3 Å². The van der Waals surface area contributed by atoms with Crippen LogP contribution in [0.2, 0.25) is 0 Å². The average molecular weight is 223 g/mol. The molecule has 0 radical (unpaired) electrons. The molecule has 0 amide bonds. The van der Waals surface area contributed by atoms with E-state index in [1.54, 1.807) is 0 Å². The number of benzene rings is 1. The topological polar surface area (TPSA) is 41.5 Å². The summed E-state index contributed by atoms with van der Waals surface area (Å²) in [7, 11) is 0. The zero-order valence-corrected chi connectivity index (χ0v) is 10.0. The van der Waals surface area contributed by atoms with Crippen LogP contribution in [0.15, 0.2) is 30.3 Å². The molecule has 1 unspecified atom stereocenters. The highest BCUT2D eigenvalue weighted by Gasteiger charge is 2.07. The molecule has 0 aliphatic carbocycles. The number of hydrogen-bond acceptors (Lipinski definition) is 3. The van der Waals surface area contributed by atoms with Crippen molar-refractivity contribution < 1.29 is 9.84 Å². The van der Waals surface area contributed by atoms with E-state index < -0.39 is 0 Å². The Morgan fingerprint density at radius 2 is 1.94 bits per heavy atom. The van der Waals surface area contributed by atoms with Gasteiger partial charge in [-0.15, -0.1) is 0 Å². The number of aliphatic hydroxyl groups is 1. The van der Waals surface area contributed by atoms with Crippen molar-refractivity contribution in [3.63, 3.8) is 0 Å². The molecule has 1 rings (SSSR count). The average Bonchev–Trinajstić information content (AvgIpc) is 2.29. The number of aliphatic hydroxyl groups excluding tert-OH is 1. The predicted molar refractivity (Wildman–Crippen MR) is 65.7 cm³/mol. The molecule has 0 saturated carbocycles. The lowest BCUT2D eigenvalue weighted by molar-refractivity contribution is 0.122. The number of nitrogens with one attached hydrogen (secondary N) is 1. The Morgan fingerprint density at radius 3 is 2.56 bits per heavy atom. The van der Waals surface area contributed by atoms with Gasteiger partial charge in [-0.2, -0.15) is 0 Å². The van der Waals surface area contributed by atoms with E-state index in [1.807, 2.05) is 44.2 Å². The quantitative estimate of drug-likeness (QED) is 0.691. The summed E-state index contributed by atoms with van der Waals surface area (Å²) in [4.78, 5) is 0. The van der Waals surface area contributed by atoms with Crippen LogP contribution in [-0.2, 0) is 0 Å². The molecule has 3 heteroatoms. The van der Waals surface area contributed by atoms with Gasteiger partial charge < -0.3 is 15.2 Å². The second-order valence-corrected chi connectivity index (χ2v) is 4.18. The van der Waals surface area contributed by atoms with Gasteiger partial charge >= 0.3 is 0 Å². The van der Waals surface area contributed by atoms with Crippen LogP contribution in [0.5, 0.6) is 5.75 Å². The molecular formula is C13H21NO2. The Morgan fingerprint density at radius 1 is 1.25 bits per heavy atom. The van der Waals surface area contributed by atoms with Crippen LogP contribution in [0.3, 0.4) is 0 Å². The minimum Gasteiger partial charge on any atom is -0.492 e. The van der Waals surface area contributed by atoms with Crippen molar-refractivity contribution in [2.75, 3.05) is 19.7 Å². The Labute approximate surface area is 97.4 Å². The van der Waals surface area contributed by atoms with E-state index in [0.717, 1.165) is 12.3 Å².